The van der Waals surface area contributed by atoms with Crippen LogP contribution in [0.2, 0.25) is 0 Å². The molecule has 1 aromatic carbocycles. The number of nitrogens with one attached hydrogen (secondary N) is 1. The van der Waals surface area contributed by atoms with Gasteiger partial charge in [0.25, 0.3) is 11.8 Å². The third-order valence-electron chi connectivity index (χ3n) is 3.35. The van der Waals surface area contributed by atoms with E-state index in [-0.39, 0.29) is 31.0 Å². The summed E-state index contributed by atoms with van der Waals surface area (Å²) in [7, 11) is 0. The Morgan fingerprint density at radius 3 is 2.43 bits per heavy atom. The Morgan fingerprint density at radius 1 is 1.17 bits per heavy atom. The number of phenolic OH excluding ortho intramolecular Hbond substituents is 1. The Kier molecular flexibility index (Phi) is 4.85. The van der Waals surface area contributed by atoms with Crippen molar-refractivity contribution in [3.05, 3.63) is 41.2 Å². The maximum atomic E-state index is 12.3. The fourth-order valence-corrected chi connectivity index (χ4v) is 2.19. The van der Waals surface area contributed by atoms with Crippen LogP contribution in [0, 0.1) is 0 Å². The monoisotopic (exact) mass is 320 g/mol. The molecule has 0 saturated carbocycles. The number of aliphatic hydroxyl groups is 1. The number of phenols is 1. The standard InChI is InChI=1S/C15H16N2O6/c18-10-3-1-9(2-4-10)8-17-6-5-11(19)13(15(17)23)14(22)16-7-12(20)21/h1-4,18-19H,5-8H2,(H,16,22)(H,20,21). The van der Waals surface area contributed by atoms with Gasteiger partial charge in [0.1, 0.15) is 23.6 Å². The lowest BCUT2D eigenvalue weighted by molar-refractivity contribution is -0.138. The van der Waals surface area contributed by atoms with E-state index in [1.807, 2.05) is 0 Å². The van der Waals surface area contributed by atoms with Gasteiger partial charge in [-0.1, -0.05) is 12.1 Å². The van der Waals surface area contributed by atoms with Crippen molar-refractivity contribution in [1.82, 2.24) is 10.2 Å². The number of hydrogen-bond acceptors (Lipinski definition) is 5. The average molecular weight is 320 g/mol. The second-order valence-corrected chi connectivity index (χ2v) is 5.04. The van der Waals surface area contributed by atoms with E-state index >= 15 is 0 Å². The Hall–Kier alpha value is -3.03. The van der Waals surface area contributed by atoms with Gasteiger partial charge in [-0.2, -0.15) is 0 Å². The Morgan fingerprint density at radius 2 is 1.83 bits per heavy atom. The number of amides is 2. The fourth-order valence-electron chi connectivity index (χ4n) is 2.19. The molecular weight excluding hydrogens is 304 g/mol. The number of carbonyl (C=O) groups is 3. The van der Waals surface area contributed by atoms with E-state index in [2.05, 4.69) is 5.32 Å². The van der Waals surface area contributed by atoms with Crippen molar-refractivity contribution in [2.24, 2.45) is 0 Å². The summed E-state index contributed by atoms with van der Waals surface area (Å²) in [5.41, 5.74) is 0.319. The third kappa shape index (κ3) is 4.00. The first kappa shape index (κ1) is 16.3. The number of rotatable bonds is 5. The first-order valence-electron chi connectivity index (χ1n) is 6.87. The van der Waals surface area contributed by atoms with Gasteiger partial charge >= 0.3 is 5.97 Å². The topological polar surface area (TPSA) is 127 Å². The van der Waals surface area contributed by atoms with E-state index in [1.54, 1.807) is 12.1 Å². The average Bonchev–Trinajstić information content (AvgIpc) is 2.50. The molecule has 1 aromatic rings. The smallest absolute Gasteiger partial charge is 0.322 e. The maximum Gasteiger partial charge on any atom is 0.322 e. The fraction of sp³-hybridized carbons (Fsp3) is 0.267. The molecule has 122 valence electrons. The van der Waals surface area contributed by atoms with Crippen molar-refractivity contribution >= 4 is 17.8 Å². The van der Waals surface area contributed by atoms with Crippen LogP contribution in [0.5, 0.6) is 5.75 Å². The summed E-state index contributed by atoms with van der Waals surface area (Å²) < 4.78 is 0. The van der Waals surface area contributed by atoms with Gasteiger partial charge in [-0.3, -0.25) is 14.4 Å². The number of aliphatic carboxylic acids is 1. The highest BCUT2D eigenvalue weighted by atomic mass is 16.4. The Bertz CT molecular complexity index is 665. The van der Waals surface area contributed by atoms with Gasteiger partial charge in [0.2, 0.25) is 0 Å². The van der Waals surface area contributed by atoms with Crippen molar-refractivity contribution in [3.8, 4) is 5.75 Å². The van der Waals surface area contributed by atoms with E-state index in [0.29, 0.717) is 0 Å². The molecule has 0 atom stereocenters. The second kappa shape index (κ2) is 6.82. The predicted octanol–water partition coefficient (Wildman–Crippen LogP) is 0.137. The van der Waals surface area contributed by atoms with Crippen LogP contribution >= 0.6 is 0 Å². The van der Waals surface area contributed by atoms with E-state index in [9.17, 15) is 24.6 Å². The number of benzene rings is 1. The van der Waals surface area contributed by atoms with Crippen LogP contribution in [0.4, 0.5) is 0 Å². The van der Waals surface area contributed by atoms with E-state index in [4.69, 9.17) is 5.11 Å². The van der Waals surface area contributed by atoms with Crippen LogP contribution in [-0.4, -0.2) is 51.1 Å². The highest BCUT2D eigenvalue weighted by Gasteiger charge is 2.32. The molecule has 0 unspecified atom stereocenters. The number of aromatic hydroxyl groups is 1. The molecule has 8 heteroatoms. The lowest BCUT2D eigenvalue weighted by atomic mass is 10.0. The first-order chi connectivity index (χ1) is 10.9. The zero-order valence-corrected chi connectivity index (χ0v) is 12.2. The lowest BCUT2D eigenvalue weighted by Gasteiger charge is -2.28. The summed E-state index contributed by atoms with van der Waals surface area (Å²) in [6.45, 7) is -0.190. The molecule has 0 spiro atoms. The van der Waals surface area contributed by atoms with Gasteiger partial charge in [-0.25, -0.2) is 0 Å². The Labute approximate surface area is 131 Å². The largest absolute Gasteiger partial charge is 0.511 e. The number of carboxylic acids is 1. The molecule has 1 aliphatic heterocycles. The van der Waals surface area contributed by atoms with Crippen LogP contribution in [0.3, 0.4) is 0 Å². The van der Waals surface area contributed by atoms with Crippen molar-refractivity contribution in [2.75, 3.05) is 13.1 Å². The molecule has 23 heavy (non-hydrogen) atoms. The Balaban J connectivity index is 2.11. The summed E-state index contributed by atoms with van der Waals surface area (Å²) in [5.74, 6) is -3.07. The molecule has 4 N–H and O–H groups in total. The minimum Gasteiger partial charge on any atom is -0.511 e. The molecular formula is C15H16N2O6. The molecule has 0 saturated heterocycles. The molecule has 0 radical (unpaired) electrons. The quantitative estimate of drug-likeness (QED) is 0.571. The minimum absolute atomic E-state index is 0.102. The van der Waals surface area contributed by atoms with Gasteiger partial charge in [-0.15, -0.1) is 0 Å². The molecule has 0 fully saturated rings. The lowest BCUT2D eigenvalue weighted by Crippen LogP contribution is -2.43. The first-order valence-corrected chi connectivity index (χ1v) is 6.87. The highest BCUT2D eigenvalue weighted by molar-refractivity contribution is 6.19. The maximum absolute atomic E-state index is 12.3. The summed E-state index contributed by atoms with van der Waals surface area (Å²) in [4.78, 5) is 36.1. The van der Waals surface area contributed by atoms with Crippen LogP contribution < -0.4 is 5.32 Å². The molecule has 0 aromatic heterocycles. The number of carbonyl (C=O) groups excluding carboxylic acids is 2. The summed E-state index contributed by atoms with van der Waals surface area (Å²) in [6.07, 6.45) is 0.111. The normalized spacial score (nSPS) is 14.8. The highest BCUT2D eigenvalue weighted by Crippen LogP contribution is 2.20. The van der Waals surface area contributed by atoms with E-state index < -0.39 is 29.9 Å². The number of aliphatic hydroxyl groups excluding tert-OH is 1. The van der Waals surface area contributed by atoms with Crippen LogP contribution in [0.1, 0.15) is 12.0 Å². The molecule has 0 aliphatic carbocycles. The SMILES string of the molecule is O=C(O)CNC(=O)C1=C(O)CCN(Cc2ccc(O)cc2)C1=O. The zero-order chi connectivity index (χ0) is 17.0. The van der Waals surface area contributed by atoms with Crippen LogP contribution in [0.25, 0.3) is 0 Å². The third-order valence-corrected chi connectivity index (χ3v) is 3.35. The van der Waals surface area contributed by atoms with Gasteiger partial charge < -0.3 is 25.5 Å². The van der Waals surface area contributed by atoms with Gasteiger partial charge in [0.15, 0.2) is 0 Å². The minimum atomic E-state index is -1.25. The van der Waals surface area contributed by atoms with Crippen LogP contribution in [0.15, 0.2) is 35.6 Å². The molecule has 1 heterocycles. The van der Waals surface area contributed by atoms with Gasteiger partial charge in [0, 0.05) is 19.5 Å². The predicted molar refractivity (Wildman–Crippen MR) is 78.4 cm³/mol. The molecule has 2 amide bonds. The van der Waals surface area contributed by atoms with Crippen molar-refractivity contribution in [3.63, 3.8) is 0 Å². The second-order valence-electron chi connectivity index (χ2n) is 5.04. The van der Waals surface area contributed by atoms with Gasteiger partial charge in [-0.05, 0) is 17.7 Å². The van der Waals surface area contributed by atoms with Crippen LogP contribution in [-0.2, 0) is 20.9 Å². The number of hydrogen-bond donors (Lipinski definition) is 4. The van der Waals surface area contributed by atoms with Crippen molar-refractivity contribution in [2.45, 2.75) is 13.0 Å². The molecule has 0 bridgehead atoms. The van der Waals surface area contributed by atoms with Gasteiger partial charge in [0.05, 0.1) is 0 Å². The zero-order valence-electron chi connectivity index (χ0n) is 12.2. The summed E-state index contributed by atoms with van der Waals surface area (Å²) >= 11 is 0. The summed E-state index contributed by atoms with van der Waals surface area (Å²) in [5, 5.41) is 29.7. The molecule has 2 rings (SSSR count). The van der Waals surface area contributed by atoms with Crippen molar-refractivity contribution in [1.29, 1.82) is 0 Å². The molecule has 8 nitrogen and oxygen atoms in total. The van der Waals surface area contributed by atoms with E-state index in [0.717, 1.165) is 5.56 Å². The summed E-state index contributed by atoms with van der Waals surface area (Å²) in [6, 6.07) is 6.25. The number of nitrogens with zero attached hydrogens (tertiary/aromatic N) is 1. The molecule has 1 aliphatic rings. The number of carboxylic acid groups (broad SMARTS) is 1. The van der Waals surface area contributed by atoms with Crippen molar-refractivity contribution < 1.29 is 29.7 Å². The van der Waals surface area contributed by atoms with E-state index in [1.165, 1.54) is 17.0 Å².